The third-order valence-corrected chi connectivity index (χ3v) is 3.18. The minimum Gasteiger partial charge on any atom is -0.461 e. The van der Waals surface area contributed by atoms with Gasteiger partial charge in [0.2, 0.25) is 0 Å². The fourth-order valence-electron chi connectivity index (χ4n) is 2.32. The van der Waals surface area contributed by atoms with Crippen molar-refractivity contribution in [2.24, 2.45) is 5.73 Å². The summed E-state index contributed by atoms with van der Waals surface area (Å²) in [4.78, 5) is 10.9. The molecule has 0 radical (unpaired) electrons. The molecule has 2 N–H and O–H groups in total. The first-order valence-electron chi connectivity index (χ1n) is 6.63. The lowest BCUT2D eigenvalue weighted by Crippen LogP contribution is -2.31. The molecule has 0 spiro atoms. The fraction of sp³-hybridized carbons (Fsp3) is 0.692. The molecule has 2 heterocycles. The molecule has 0 aromatic carbocycles. The molecular formula is C13H22N4O. The average molecular weight is 250 g/mol. The molecule has 1 aliphatic heterocycles. The van der Waals surface area contributed by atoms with Crippen LogP contribution in [0, 0.1) is 0 Å². The molecule has 5 heteroatoms. The van der Waals surface area contributed by atoms with Gasteiger partial charge in [0.05, 0.1) is 12.1 Å². The Hall–Kier alpha value is -1.20. The summed E-state index contributed by atoms with van der Waals surface area (Å²) >= 11 is 0. The number of nitrogens with two attached hydrogens (primary N) is 1. The Labute approximate surface area is 108 Å². The van der Waals surface area contributed by atoms with Crippen LogP contribution in [0.3, 0.4) is 0 Å². The number of rotatable bonds is 5. The van der Waals surface area contributed by atoms with Gasteiger partial charge in [-0.25, -0.2) is 9.97 Å². The molecule has 1 aliphatic rings. The summed E-state index contributed by atoms with van der Waals surface area (Å²) in [7, 11) is 0. The molecule has 100 valence electrons. The minimum absolute atomic E-state index is 0.0970. The second-order valence-corrected chi connectivity index (χ2v) is 4.96. The van der Waals surface area contributed by atoms with E-state index >= 15 is 0 Å². The van der Waals surface area contributed by atoms with Gasteiger partial charge in [0.1, 0.15) is 0 Å². The summed E-state index contributed by atoms with van der Waals surface area (Å²) in [6.07, 6.45) is 6.28. The molecule has 0 unspecified atom stereocenters. The molecule has 1 atom stereocenters. The van der Waals surface area contributed by atoms with Crippen LogP contribution in [0.25, 0.3) is 0 Å². The number of ether oxygens (including phenoxy) is 1. The van der Waals surface area contributed by atoms with Gasteiger partial charge in [0.25, 0.3) is 0 Å². The highest BCUT2D eigenvalue weighted by Gasteiger charge is 2.22. The molecule has 0 aliphatic carbocycles. The van der Waals surface area contributed by atoms with Gasteiger partial charge >= 0.3 is 6.01 Å². The first-order valence-corrected chi connectivity index (χ1v) is 6.63. The van der Waals surface area contributed by atoms with Crippen LogP contribution in [0.2, 0.25) is 0 Å². The zero-order chi connectivity index (χ0) is 13.0. The summed E-state index contributed by atoms with van der Waals surface area (Å²) < 4.78 is 5.44. The van der Waals surface area contributed by atoms with Gasteiger partial charge in [0, 0.05) is 24.5 Å². The third-order valence-electron chi connectivity index (χ3n) is 3.18. The Morgan fingerprint density at radius 2 is 1.89 bits per heavy atom. The Balaban J connectivity index is 2.06. The lowest BCUT2D eigenvalue weighted by atomic mass is 10.1. The van der Waals surface area contributed by atoms with Crippen LogP contribution >= 0.6 is 0 Å². The third kappa shape index (κ3) is 3.17. The van der Waals surface area contributed by atoms with E-state index in [1.54, 1.807) is 0 Å². The predicted molar refractivity (Wildman–Crippen MR) is 70.4 cm³/mol. The molecule has 1 aromatic rings. The molecule has 0 saturated carbocycles. The number of hydrogen-bond acceptors (Lipinski definition) is 5. The maximum absolute atomic E-state index is 5.87. The lowest BCUT2D eigenvalue weighted by Gasteiger charge is -2.26. The van der Waals surface area contributed by atoms with Crippen molar-refractivity contribution in [3.05, 3.63) is 18.0 Å². The van der Waals surface area contributed by atoms with Crippen molar-refractivity contribution in [2.45, 2.75) is 38.8 Å². The topological polar surface area (TPSA) is 64.3 Å². The quantitative estimate of drug-likeness (QED) is 0.855. The zero-order valence-corrected chi connectivity index (χ0v) is 11.2. The monoisotopic (exact) mass is 250 g/mol. The second kappa shape index (κ2) is 6.11. The fourth-order valence-corrected chi connectivity index (χ4v) is 2.32. The zero-order valence-electron chi connectivity index (χ0n) is 11.2. The first-order chi connectivity index (χ1) is 8.70. The Kier molecular flexibility index (Phi) is 4.49. The molecule has 5 nitrogen and oxygen atoms in total. The van der Waals surface area contributed by atoms with Gasteiger partial charge in [-0.2, -0.15) is 0 Å². The van der Waals surface area contributed by atoms with Crippen LogP contribution in [0.1, 0.15) is 38.3 Å². The number of aromatic nitrogens is 2. The maximum Gasteiger partial charge on any atom is 0.316 e. The number of likely N-dealkylation sites (tertiary alicyclic amines) is 1. The normalized spacial score (nSPS) is 18.2. The van der Waals surface area contributed by atoms with E-state index in [0.717, 1.165) is 18.7 Å². The Bertz CT molecular complexity index is 360. The molecular weight excluding hydrogens is 228 g/mol. The van der Waals surface area contributed by atoms with Crippen LogP contribution in [-0.4, -0.2) is 40.6 Å². The van der Waals surface area contributed by atoms with Crippen molar-refractivity contribution in [3.63, 3.8) is 0 Å². The van der Waals surface area contributed by atoms with E-state index in [1.165, 1.54) is 12.8 Å². The van der Waals surface area contributed by atoms with Crippen molar-refractivity contribution in [1.29, 1.82) is 0 Å². The maximum atomic E-state index is 5.87. The summed E-state index contributed by atoms with van der Waals surface area (Å²) in [6.45, 7) is 6.76. The van der Waals surface area contributed by atoms with Gasteiger partial charge in [-0.15, -0.1) is 0 Å². The summed E-state index contributed by atoms with van der Waals surface area (Å²) in [5.41, 5.74) is 6.95. The standard InChI is InChI=1S/C13H22N4O/c1-10(2)18-13-15-8-11(9-16-13)12(7-14)17-5-3-4-6-17/h8-10,12H,3-7,14H2,1-2H3/t12-/m1/s1. The van der Waals surface area contributed by atoms with Crippen molar-refractivity contribution < 1.29 is 4.74 Å². The smallest absolute Gasteiger partial charge is 0.316 e. The van der Waals surface area contributed by atoms with E-state index in [0.29, 0.717) is 12.6 Å². The van der Waals surface area contributed by atoms with Crippen LogP contribution in [0.4, 0.5) is 0 Å². The molecule has 18 heavy (non-hydrogen) atoms. The molecule has 0 amide bonds. The SMILES string of the molecule is CC(C)Oc1ncc([C@@H](CN)N2CCCC2)cn1. The van der Waals surface area contributed by atoms with E-state index in [-0.39, 0.29) is 12.1 Å². The highest BCUT2D eigenvalue weighted by atomic mass is 16.5. The number of hydrogen-bond donors (Lipinski definition) is 1. The van der Waals surface area contributed by atoms with Gasteiger partial charge in [-0.05, 0) is 39.8 Å². The highest BCUT2D eigenvalue weighted by molar-refractivity contribution is 5.13. The lowest BCUT2D eigenvalue weighted by molar-refractivity contribution is 0.219. The van der Waals surface area contributed by atoms with Gasteiger partial charge in [-0.1, -0.05) is 0 Å². The summed E-state index contributed by atoms with van der Waals surface area (Å²) in [5, 5.41) is 0. The van der Waals surface area contributed by atoms with Crippen LogP contribution in [-0.2, 0) is 0 Å². The Morgan fingerprint density at radius 1 is 1.28 bits per heavy atom. The van der Waals surface area contributed by atoms with Crippen LogP contribution < -0.4 is 10.5 Å². The largest absolute Gasteiger partial charge is 0.461 e. The number of nitrogens with zero attached hydrogens (tertiary/aromatic N) is 3. The van der Waals surface area contributed by atoms with E-state index in [1.807, 2.05) is 26.2 Å². The second-order valence-electron chi connectivity index (χ2n) is 4.96. The Morgan fingerprint density at radius 3 is 2.39 bits per heavy atom. The predicted octanol–water partition coefficient (Wildman–Crippen LogP) is 1.36. The van der Waals surface area contributed by atoms with Crippen LogP contribution in [0.15, 0.2) is 12.4 Å². The average Bonchev–Trinajstić information content (AvgIpc) is 2.85. The van der Waals surface area contributed by atoms with E-state index in [9.17, 15) is 0 Å². The molecule has 1 fully saturated rings. The van der Waals surface area contributed by atoms with E-state index in [2.05, 4.69) is 14.9 Å². The van der Waals surface area contributed by atoms with E-state index < -0.39 is 0 Å². The van der Waals surface area contributed by atoms with Crippen molar-refractivity contribution in [3.8, 4) is 6.01 Å². The van der Waals surface area contributed by atoms with Gasteiger partial charge in [0.15, 0.2) is 0 Å². The van der Waals surface area contributed by atoms with Gasteiger partial charge < -0.3 is 10.5 Å². The van der Waals surface area contributed by atoms with Crippen molar-refractivity contribution >= 4 is 0 Å². The summed E-state index contributed by atoms with van der Waals surface area (Å²) in [5.74, 6) is 0. The van der Waals surface area contributed by atoms with E-state index in [4.69, 9.17) is 10.5 Å². The van der Waals surface area contributed by atoms with Crippen molar-refractivity contribution in [1.82, 2.24) is 14.9 Å². The highest BCUT2D eigenvalue weighted by Crippen LogP contribution is 2.23. The molecule has 2 rings (SSSR count). The molecule has 1 saturated heterocycles. The van der Waals surface area contributed by atoms with Gasteiger partial charge in [-0.3, -0.25) is 4.90 Å². The summed E-state index contributed by atoms with van der Waals surface area (Å²) in [6, 6.07) is 0.673. The van der Waals surface area contributed by atoms with Crippen LogP contribution in [0.5, 0.6) is 6.01 Å². The van der Waals surface area contributed by atoms with Crippen molar-refractivity contribution in [2.75, 3.05) is 19.6 Å². The first kappa shape index (κ1) is 13.2. The molecule has 0 bridgehead atoms. The minimum atomic E-state index is 0.0970. The molecule has 1 aromatic heterocycles.